The van der Waals surface area contributed by atoms with E-state index >= 15 is 0 Å². The lowest BCUT2D eigenvalue weighted by molar-refractivity contribution is -0.132. The summed E-state index contributed by atoms with van der Waals surface area (Å²) in [5.41, 5.74) is 0. The minimum absolute atomic E-state index is 0.0332. The van der Waals surface area contributed by atoms with E-state index in [2.05, 4.69) is 25.3 Å². The molecule has 0 aliphatic rings. The van der Waals surface area contributed by atoms with Gasteiger partial charge in [0.1, 0.15) is 0 Å². The zero-order chi connectivity index (χ0) is 8.85. The van der Waals surface area contributed by atoms with Crippen LogP contribution >= 0.6 is 25.3 Å². The van der Waals surface area contributed by atoms with Gasteiger partial charge in [0.15, 0.2) is 0 Å². The van der Waals surface area contributed by atoms with E-state index in [9.17, 15) is 4.79 Å². The molecule has 0 rings (SSSR count). The molecule has 1 unspecified atom stereocenters. The van der Waals surface area contributed by atoms with Crippen molar-refractivity contribution < 1.29 is 4.79 Å². The molecule has 0 heterocycles. The summed E-state index contributed by atoms with van der Waals surface area (Å²) in [5.74, 6) is 1.53. The van der Waals surface area contributed by atoms with E-state index in [1.54, 1.807) is 19.0 Å². The zero-order valence-electron chi connectivity index (χ0n) is 6.95. The highest BCUT2D eigenvalue weighted by molar-refractivity contribution is 7.80. The number of hydrogen-bond donors (Lipinski definition) is 2. The molecule has 0 saturated carbocycles. The SMILES string of the molecule is CN(C)C(=O)C(CS)CCS. The Hall–Kier alpha value is 0.170. The van der Waals surface area contributed by atoms with Crippen LogP contribution in [0.5, 0.6) is 0 Å². The van der Waals surface area contributed by atoms with Crippen LogP contribution in [0.1, 0.15) is 6.42 Å². The monoisotopic (exact) mass is 193 g/mol. The number of amides is 1. The lowest BCUT2D eigenvalue weighted by atomic mass is 10.1. The van der Waals surface area contributed by atoms with Crippen molar-refractivity contribution in [1.82, 2.24) is 4.90 Å². The lowest BCUT2D eigenvalue weighted by Crippen LogP contribution is -2.30. The van der Waals surface area contributed by atoms with Crippen LogP contribution in [-0.4, -0.2) is 36.4 Å². The van der Waals surface area contributed by atoms with Crippen molar-refractivity contribution in [1.29, 1.82) is 0 Å². The molecule has 1 atom stereocenters. The van der Waals surface area contributed by atoms with Crippen LogP contribution in [0.15, 0.2) is 0 Å². The highest BCUT2D eigenvalue weighted by atomic mass is 32.1. The van der Waals surface area contributed by atoms with Gasteiger partial charge >= 0.3 is 0 Å². The largest absolute Gasteiger partial charge is 0.349 e. The fourth-order valence-electron chi connectivity index (χ4n) is 0.814. The van der Waals surface area contributed by atoms with Crippen LogP contribution < -0.4 is 0 Å². The van der Waals surface area contributed by atoms with Crippen molar-refractivity contribution in [2.45, 2.75) is 6.42 Å². The molecule has 11 heavy (non-hydrogen) atoms. The predicted molar refractivity (Wildman–Crippen MR) is 54.5 cm³/mol. The summed E-state index contributed by atoms with van der Waals surface area (Å²) in [5, 5.41) is 0. The first kappa shape index (κ1) is 11.2. The second-order valence-electron chi connectivity index (χ2n) is 2.62. The Bertz CT molecular complexity index is 128. The number of thiol groups is 2. The normalized spacial score (nSPS) is 12.7. The minimum Gasteiger partial charge on any atom is -0.349 e. The molecule has 2 nitrogen and oxygen atoms in total. The highest BCUT2D eigenvalue weighted by Crippen LogP contribution is 2.08. The molecule has 66 valence electrons. The van der Waals surface area contributed by atoms with E-state index in [0.29, 0.717) is 5.75 Å². The van der Waals surface area contributed by atoms with Crippen molar-refractivity contribution in [2.24, 2.45) is 5.92 Å². The third-order valence-corrected chi connectivity index (χ3v) is 2.19. The van der Waals surface area contributed by atoms with Gasteiger partial charge in [0.25, 0.3) is 0 Å². The average molecular weight is 193 g/mol. The van der Waals surface area contributed by atoms with E-state index in [1.807, 2.05) is 0 Å². The third-order valence-electron chi connectivity index (χ3n) is 1.49. The number of nitrogens with zero attached hydrogens (tertiary/aromatic N) is 1. The van der Waals surface area contributed by atoms with Gasteiger partial charge in [0, 0.05) is 25.8 Å². The molecule has 0 radical (unpaired) electrons. The van der Waals surface area contributed by atoms with Crippen molar-refractivity contribution in [3.63, 3.8) is 0 Å². The molecule has 0 N–H and O–H groups in total. The smallest absolute Gasteiger partial charge is 0.226 e. The predicted octanol–water partition coefficient (Wildman–Crippen LogP) is 0.940. The number of hydrogen-bond acceptors (Lipinski definition) is 3. The maximum absolute atomic E-state index is 11.3. The summed E-state index contributed by atoms with van der Waals surface area (Å²) in [6, 6.07) is 0. The van der Waals surface area contributed by atoms with Crippen LogP contribution in [-0.2, 0) is 4.79 Å². The first-order valence-electron chi connectivity index (χ1n) is 3.56. The maximum Gasteiger partial charge on any atom is 0.226 e. The maximum atomic E-state index is 11.3. The van der Waals surface area contributed by atoms with Crippen LogP contribution in [0.2, 0.25) is 0 Å². The summed E-state index contributed by atoms with van der Waals surface area (Å²) in [4.78, 5) is 12.9. The molecule has 0 aromatic carbocycles. The Morgan fingerprint density at radius 3 is 2.27 bits per heavy atom. The van der Waals surface area contributed by atoms with E-state index in [0.717, 1.165) is 12.2 Å². The Labute approximate surface area is 79.2 Å². The minimum atomic E-state index is 0.0332. The van der Waals surface area contributed by atoms with E-state index in [-0.39, 0.29) is 11.8 Å². The van der Waals surface area contributed by atoms with E-state index < -0.39 is 0 Å². The first-order chi connectivity index (χ1) is 5.13. The van der Waals surface area contributed by atoms with Crippen LogP contribution in [0.25, 0.3) is 0 Å². The molecule has 0 aromatic heterocycles. The topological polar surface area (TPSA) is 20.3 Å². The molecule has 0 spiro atoms. The highest BCUT2D eigenvalue weighted by Gasteiger charge is 2.16. The molecule has 0 aromatic rings. The van der Waals surface area contributed by atoms with E-state index in [1.165, 1.54) is 0 Å². The van der Waals surface area contributed by atoms with Crippen LogP contribution in [0, 0.1) is 5.92 Å². The van der Waals surface area contributed by atoms with Crippen LogP contribution in [0.4, 0.5) is 0 Å². The quantitative estimate of drug-likeness (QED) is 0.637. The fraction of sp³-hybridized carbons (Fsp3) is 0.857. The Morgan fingerprint density at radius 1 is 1.45 bits per heavy atom. The second-order valence-corrected chi connectivity index (χ2v) is 3.44. The van der Waals surface area contributed by atoms with Gasteiger partial charge < -0.3 is 4.90 Å². The molecular weight excluding hydrogens is 178 g/mol. The first-order valence-corrected chi connectivity index (χ1v) is 4.82. The summed E-state index contributed by atoms with van der Waals surface area (Å²) in [6.45, 7) is 0. The lowest BCUT2D eigenvalue weighted by Gasteiger charge is -2.17. The molecule has 0 saturated heterocycles. The summed E-state index contributed by atoms with van der Waals surface area (Å²) < 4.78 is 0. The number of rotatable bonds is 4. The fourth-order valence-corrected chi connectivity index (χ4v) is 1.46. The van der Waals surface area contributed by atoms with Gasteiger partial charge in [0.2, 0.25) is 5.91 Å². The zero-order valence-corrected chi connectivity index (χ0v) is 8.74. The molecule has 1 amide bonds. The Kier molecular flexibility index (Phi) is 5.86. The molecule has 0 aliphatic carbocycles. The number of carbonyl (C=O) groups is 1. The third kappa shape index (κ3) is 3.91. The Balaban J connectivity index is 3.92. The summed E-state index contributed by atoms with van der Waals surface area (Å²) in [7, 11) is 3.52. The summed E-state index contributed by atoms with van der Waals surface area (Å²) >= 11 is 8.17. The Morgan fingerprint density at radius 2 is 2.00 bits per heavy atom. The van der Waals surface area contributed by atoms with Crippen LogP contribution in [0.3, 0.4) is 0 Å². The average Bonchev–Trinajstić information content (AvgIpc) is 1.98. The van der Waals surface area contributed by atoms with Gasteiger partial charge in [-0.3, -0.25) is 4.79 Å². The summed E-state index contributed by atoms with van der Waals surface area (Å²) in [6.07, 6.45) is 0.809. The van der Waals surface area contributed by atoms with Gasteiger partial charge in [-0.05, 0) is 12.2 Å². The standard InChI is InChI=1S/C7H15NOS2/c1-8(2)7(9)6(5-11)3-4-10/h6,10-11H,3-5H2,1-2H3. The molecule has 4 heteroatoms. The second kappa shape index (κ2) is 5.77. The van der Waals surface area contributed by atoms with Gasteiger partial charge in [0.05, 0.1) is 0 Å². The van der Waals surface area contributed by atoms with Gasteiger partial charge in [-0.2, -0.15) is 25.3 Å². The molecular formula is C7H15NOS2. The molecule has 0 bridgehead atoms. The molecule has 0 fully saturated rings. The van der Waals surface area contributed by atoms with Crippen molar-refractivity contribution >= 4 is 31.2 Å². The molecule has 0 aliphatic heterocycles. The van der Waals surface area contributed by atoms with Crippen molar-refractivity contribution in [3.8, 4) is 0 Å². The van der Waals surface area contributed by atoms with Gasteiger partial charge in [-0.1, -0.05) is 0 Å². The van der Waals surface area contributed by atoms with Crippen molar-refractivity contribution in [3.05, 3.63) is 0 Å². The van der Waals surface area contributed by atoms with Crippen molar-refractivity contribution in [2.75, 3.05) is 25.6 Å². The van der Waals surface area contributed by atoms with E-state index in [4.69, 9.17) is 0 Å². The number of carbonyl (C=O) groups excluding carboxylic acids is 1. The van der Waals surface area contributed by atoms with Gasteiger partial charge in [-0.15, -0.1) is 0 Å². The van der Waals surface area contributed by atoms with Gasteiger partial charge in [-0.25, -0.2) is 0 Å².